The molecule has 1 N–H and O–H groups in total. The van der Waals surface area contributed by atoms with Gasteiger partial charge in [0.05, 0.1) is 12.8 Å². The Morgan fingerprint density at radius 3 is 2.68 bits per heavy atom. The minimum atomic E-state index is -0.258. The van der Waals surface area contributed by atoms with Crippen LogP contribution in [0.5, 0.6) is 5.75 Å². The predicted octanol–water partition coefficient (Wildman–Crippen LogP) is 4.27. The van der Waals surface area contributed by atoms with Crippen LogP contribution in [0.4, 0.5) is 5.69 Å². The second kappa shape index (κ2) is 8.77. The van der Waals surface area contributed by atoms with Gasteiger partial charge in [0, 0.05) is 30.4 Å². The number of anilines is 1. The number of nitrogens with zero attached hydrogens (tertiary/aromatic N) is 2. The average molecular weight is 362 g/mol. The number of halogens is 1. The van der Waals surface area contributed by atoms with Crippen molar-refractivity contribution in [3.8, 4) is 11.8 Å². The van der Waals surface area contributed by atoms with Crippen LogP contribution in [0.15, 0.2) is 23.9 Å². The summed E-state index contributed by atoms with van der Waals surface area (Å²) in [5, 5.41) is 13.0. The fourth-order valence-electron chi connectivity index (χ4n) is 3.06. The van der Waals surface area contributed by atoms with E-state index in [1.54, 1.807) is 25.1 Å². The number of nitriles is 1. The zero-order valence-electron chi connectivity index (χ0n) is 14.9. The molecule has 0 spiro atoms. The molecule has 0 unspecified atom stereocenters. The van der Waals surface area contributed by atoms with E-state index in [2.05, 4.69) is 5.32 Å². The van der Waals surface area contributed by atoms with Crippen LogP contribution >= 0.6 is 11.6 Å². The first kappa shape index (κ1) is 19.1. The van der Waals surface area contributed by atoms with Crippen molar-refractivity contribution in [2.75, 3.05) is 19.5 Å². The molecular weight excluding hydrogens is 338 g/mol. The quantitative estimate of drug-likeness (QED) is 0.628. The predicted molar refractivity (Wildman–Crippen MR) is 99.7 cm³/mol. The lowest BCUT2D eigenvalue weighted by Gasteiger charge is -2.31. The maximum atomic E-state index is 12.6. The summed E-state index contributed by atoms with van der Waals surface area (Å²) in [7, 11) is 3.32. The number of hydrogen-bond acceptors (Lipinski definition) is 4. The number of methoxy groups -OCH3 is 1. The Labute approximate surface area is 154 Å². The second-order valence-electron chi connectivity index (χ2n) is 6.32. The molecule has 1 aliphatic rings. The SMILES string of the molecule is COc1cc(Cl)c(C)cc1N/C=C(/C#N)C(=O)N(C)C1CCCCC1. The Morgan fingerprint density at radius 2 is 2.08 bits per heavy atom. The summed E-state index contributed by atoms with van der Waals surface area (Å²) in [6, 6.07) is 5.73. The van der Waals surface area contributed by atoms with Gasteiger partial charge in [-0.3, -0.25) is 4.79 Å². The van der Waals surface area contributed by atoms with E-state index >= 15 is 0 Å². The van der Waals surface area contributed by atoms with E-state index in [0.717, 1.165) is 31.2 Å². The number of hydrogen-bond donors (Lipinski definition) is 1. The van der Waals surface area contributed by atoms with Crippen LogP contribution in [0.25, 0.3) is 0 Å². The minimum absolute atomic E-state index is 0.0720. The Hall–Kier alpha value is -2.19. The van der Waals surface area contributed by atoms with Crippen LogP contribution < -0.4 is 10.1 Å². The van der Waals surface area contributed by atoms with Gasteiger partial charge in [0.25, 0.3) is 5.91 Å². The highest BCUT2D eigenvalue weighted by Crippen LogP contribution is 2.31. The average Bonchev–Trinajstić information content (AvgIpc) is 2.64. The number of carbonyl (C=O) groups is 1. The van der Waals surface area contributed by atoms with Gasteiger partial charge in [0.2, 0.25) is 0 Å². The lowest BCUT2D eigenvalue weighted by atomic mass is 9.94. The van der Waals surface area contributed by atoms with Crippen molar-refractivity contribution in [3.63, 3.8) is 0 Å². The molecule has 0 aromatic heterocycles. The first-order valence-corrected chi connectivity index (χ1v) is 8.83. The summed E-state index contributed by atoms with van der Waals surface area (Å²) in [4.78, 5) is 14.3. The molecule has 1 aromatic carbocycles. The third kappa shape index (κ3) is 4.67. The zero-order chi connectivity index (χ0) is 18.4. The van der Waals surface area contributed by atoms with E-state index < -0.39 is 0 Å². The first-order valence-electron chi connectivity index (χ1n) is 8.46. The van der Waals surface area contributed by atoms with Crippen molar-refractivity contribution >= 4 is 23.2 Å². The van der Waals surface area contributed by atoms with Gasteiger partial charge < -0.3 is 15.0 Å². The minimum Gasteiger partial charge on any atom is -0.495 e. The van der Waals surface area contributed by atoms with Gasteiger partial charge >= 0.3 is 0 Å². The van der Waals surface area contributed by atoms with E-state index in [-0.39, 0.29) is 17.5 Å². The smallest absolute Gasteiger partial charge is 0.266 e. The molecule has 134 valence electrons. The van der Waals surface area contributed by atoms with Crippen LogP contribution in [0.2, 0.25) is 5.02 Å². The van der Waals surface area contributed by atoms with Gasteiger partial charge in [0.1, 0.15) is 17.4 Å². The van der Waals surface area contributed by atoms with Gasteiger partial charge in [-0.25, -0.2) is 0 Å². The first-order chi connectivity index (χ1) is 12.0. The fourth-order valence-corrected chi connectivity index (χ4v) is 3.21. The molecule has 0 radical (unpaired) electrons. The van der Waals surface area contributed by atoms with Crippen LogP contribution in [0, 0.1) is 18.3 Å². The lowest BCUT2D eigenvalue weighted by Crippen LogP contribution is -2.39. The van der Waals surface area contributed by atoms with Gasteiger partial charge in [-0.15, -0.1) is 0 Å². The van der Waals surface area contributed by atoms with Gasteiger partial charge in [-0.1, -0.05) is 30.9 Å². The van der Waals surface area contributed by atoms with E-state index in [1.807, 2.05) is 19.1 Å². The van der Waals surface area contributed by atoms with Crippen molar-refractivity contribution in [2.24, 2.45) is 0 Å². The van der Waals surface area contributed by atoms with E-state index in [4.69, 9.17) is 16.3 Å². The monoisotopic (exact) mass is 361 g/mol. The van der Waals surface area contributed by atoms with Crippen molar-refractivity contribution in [1.82, 2.24) is 4.90 Å². The lowest BCUT2D eigenvalue weighted by molar-refractivity contribution is -0.128. The number of carbonyl (C=O) groups excluding carboxylic acids is 1. The molecular formula is C19H24ClN3O2. The maximum Gasteiger partial charge on any atom is 0.266 e. The molecule has 0 heterocycles. The Bertz CT molecular complexity index is 703. The van der Waals surface area contributed by atoms with Gasteiger partial charge in [0.15, 0.2) is 0 Å². The standard InChI is InChI=1S/C19H24ClN3O2/c1-13-9-17(18(25-3)10-16(13)20)22-12-14(11-21)19(24)23(2)15-7-5-4-6-8-15/h9-10,12,15,22H,4-8H2,1-3H3/b14-12-. The van der Waals surface area contributed by atoms with E-state index in [9.17, 15) is 10.1 Å². The molecule has 0 aliphatic heterocycles. The number of amides is 1. The number of benzene rings is 1. The molecule has 0 atom stereocenters. The molecule has 5 nitrogen and oxygen atoms in total. The summed E-state index contributed by atoms with van der Waals surface area (Å²) < 4.78 is 5.30. The summed E-state index contributed by atoms with van der Waals surface area (Å²) in [6.07, 6.45) is 6.92. The maximum absolute atomic E-state index is 12.6. The van der Waals surface area contributed by atoms with Crippen molar-refractivity contribution in [3.05, 3.63) is 34.5 Å². The highest BCUT2D eigenvalue weighted by atomic mass is 35.5. The molecule has 1 aromatic rings. The molecule has 1 amide bonds. The zero-order valence-corrected chi connectivity index (χ0v) is 15.7. The summed E-state index contributed by atoms with van der Waals surface area (Å²) >= 11 is 6.10. The number of nitrogens with one attached hydrogen (secondary N) is 1. The molecule has 1 fully saturated rings. The molecule has 25 heavy (non-hydrogen) atoms. The third-order valence-corrected chi connectivity index (χ3v) is 5.05. The number of aryl methyl sites for hydroxylation is 1. The molecule has 0 saturated heterocycles. The molecule has 6 heteroatoms. The fraction of sp³-hybridized carbons (Fsp3) is 0.474. The van der Waals surface area contributed by atoms with Crippen LogP contribution in [-0.2, 0) is 4.79 Å². The number of ether oxygens (including phenoxy) is 1. The van der Waals surface area contributed by atoms with Crippen molar-refractivity contribution in [1.29, 1.82) is 5.26 Å². The Kier molecular flexibility index (Phi) is 6.72. The van der Waals surface area contributed by atoms with Crippen molar-refractivity contribution in [2.45, 2.75) is 45.1 Å². The third-order valence-electron chi connectivity index (χ3n) is 4.65. The van der Waals surface area contributed by atoms with Crippen LogP contribution in [0.1, 0.15) is 37.7 Å². The molecule has 2 rings (SSSR count). The highest BCUT2D eigenvalue weighted by Gasteiger charge is 2.24. The summed E-state index contributed by atoms with van der Waals surface area (Å²) in [5.74, 6) is 0.295. The topological polar surface area (TPSA) is 65.4 Å². The summed E-state index contributed by atoms with van der Waals surface area (Å²) in [6.45, 7) is 1.88. The molecule has 1 saturated carbocycles. The van der Waals surface area contributed by atoms with E-state index in [0.29, 0.717) is 16.5 Å². The normalized spacial score (nSPS) is 15.4. The Balaban J connectivity index is 2.16. The number of likely N-dealkylation sites (N-methyl/N-ethyl adjacent to an activating group) is 1. The molecule has 1 aliphatic carbocycles. The van der Waals surface area contributed by atoms with Crippen LogP contribution in [-0.4, -0.2) is 31.0 Å². The van der Waals surface area contributed by atoms with Gasteiger partial charge in [-0.2, -0.15) is 5.26 Å². The highest BCUT2D eigenvalue weighted by molar-refractivity contribution is 6.31. The van der Waals surface area contributed by atoms with E-state index in [1.165, 1.54) is 12.6 Å². The van der Waals surface area contributed by atoms with Crippen molar-refractivity contribution < 1.29 is 9.53 Å². The molecule has 0 bridgehead atoms. The van der Waals surface area contributed by atoms with Gasteiger partial charge in [-0.05, 0) is 31.4 Å². The largest absolute Gasteiger partial charge is 0.495 e. The number of rotatable bonds is 5. The summed E-state index contributed by atoms with van der Waals surface area (Å²) in [5.41, 5.74) is 1.61. The Morgan fingerprint density at radius 1 is 1.40 bits per heavy atom. The second-order valence-corrected chi connectivity index (χ2v) is 6.73. The van der Waals surface area contributed by atoms with Crippen LogP contribution in [0.3, 0.4) is 0 Å².